The Kier molecular flexibility index (Phi) is 2.26. The molecule has 2 aromatic rings. The lowest BCUT2D eigenvalue weighted by Crippen LogP contribution is -2.00. The van der Waals surface area contributed by atoms with Gasteiger partial charge in [0.1, 0.15) is 11.4 Å². The Labute approximate surface area is 82.6 Å². The molecule has 0 radical (unpaired) electrons. The fraction of sp³-hybridized carbons (Fsp3) is 0.300. The lowest BCUT2D eigenvalue weighted by Gasteiger charge is -2.03. The normalized spacial score (nSPS) is 10.8. The molecule has 0 N–H and O–H groups in total. The predicted molar refractivity (Wildman–Crippen MR) is 53.6 cm³/mol. The average Bonchev–Trinajstić information content (AvgIpc) is 2.68. The van der Waals surface area contributed by atoms with E-state index in [-0.39, 0.29) is 0 Å². The first-order valence-corrected chi connectivity index (χ1v) is 4.59. The summed E-state index contributed by atoms with van der Waals surface area (Å²) in [7, 11) is 0. The molecule has 0 aliphatic rings. The van der Waals surface area contributed by atoms with E-state index >= 15 is 0 Å². The quantitative estimate of drug-likeness (QED) is 0.723. The zero-order valence-electron chi connectivity index (χ0n) is 8.25. The molecule has 14 heavy (non-hydrogen) atoms. The molecule has 0 bridgehead atoms. The fourth-order valence-corrected chi connectivity index (χ4v) is 1.19. The first-order valence-electron chi connectivity index (χ1n) is 4.59. The van der Waals surface area contributed by atoms with Gasteiger partial charge in [0.05, 0.1) is 6.20 Å². The smallest absolute Gasteiger partial charge is 0.112 e. The first-order chi connectivity index (χ1) is 6.77. The Morgan fingerprint density at radius 1 is 1.21 bits per heavy atom. The molecule has 0 aliphatic heterocycles. The molecule has 0 amide bonds. The van der Waals surface area contributed by atoms with Crippen molar-refractivity contribution in [2.75, 3.05) is 0 Å². The van der Waals surface area contributed by atoms with E-state index in [4.69, 9.17) is 0 Å². The van der Waals surface area contributed by atoms with Crippen molar-refractivity contribution in [1.82, 2.24) is 19.7 Å². The van der Waals surface area contributed by atoms with Crippen molar-refractivity contribution in [3.8, 4) is 11.4 Å². The number of hydrogen-bond donors (Lipinski definition) is 0. The van der Waals surface area contributed by atoms with E-state index in [0.29, 0.717) is 6.04 Å². The molecule has 0 saturated carbocycles. The summed E-state index contributed by atoms with van der Waals surface area (Å²) in [5, 5.41) is 4.39. The van der Waals surface area contributed by atoms with Crippen LogP contribution in [0.25, 0.3) is 11.4 Å². The Hall–Kier alpha value is -1.71. The molecular weight excluding hydrogens is 176 g/mol. The van der Waals surface area contributed by atoms with Gasteiger partial charge in [-0.15, -0.1) is 0 Å². The van der Waals surface area contributed by atoms with Gasteiger partial charge in [-0.05, 0) is 19.9 Å². The third-order valence-electron chi connectivity index (χ3n) is 1.96. The Bertz CT molecular complexity index is 405. The number of aromatic nitrogens is 4. The summed E-state index contributed by atoms with van der Waals surface area (Å²) >= 11 is 0. The highest BCUT2D eigenvalue weighted by molar-refractivity contribution is 5.51. The Morgan fingerprint density at radius 3 is 2.64 bits per heavy atom. The van der Waals surface area contributed by atoms with Crippen LogP contribution >= 0.6 is 0 Å². The standard InChI is InChI=1S/C10H12N4/c1-8(2)14-6-3-9(13-14)10-7-11-4-5-12-10/h3-8H,1-2H3. The monoisotopic (exact) mass is 188 g/mol. The number of hydrogen-bond acceptors (Lipinski definition) is 3. The van der Waals surface area contributed by atoms with Crippen LogP contribution in [0.15, 0.2) is 30.9 Å². The van der Waals surface area contributed by atoms with Gasteiger partial charge in [-0.1, -0.05) is 0 Å². The van der Waals surface area contributed by atoms with Crippen molar-refractivity contribution < 1.29 is 0 Å². The predicted octanol–water partition coefficient (Wildman–Crippen LogP) is 1.92. The SMILES string of the molecule is CC(C)n1ccc(-c2cnccn2)n1. The van der Waals surface area contributed by atoms with Gasteiger partial charge in [0, 0.05) is 24.6 Å². The van der Waals surface area contributed by atoms with Gasteiger partial charge < -0.3 is 0 Å². The summed E-state index contributed by atoms with van der Waals surface area (Å²) in [5.41, 5.74) is 1.68. The maximum absolute atomic E-state index is 4.39. The molecule has 4 heteroatoms. The first kappa shape index (κ1) is 8.87. The number of nitrogens with zero attached hydrogens (tertiary/aromatic N) is 4. The molecule has 4 nitrogen and oxygen atoms in total. The topological polar surface area (TPSA) is 43.6 Å². The van der Waals surface area contributed by atoms with Gasteiger partial charge in [-0.25, -0.2) is 0 Å². The third kappa shape index (κ3) is 1.64. The van der Waals surface area contributed by atoms with Crippen LogP contribution in [0.4, 0.5) is 0 Å². The lowest BCUT2D eigenvalue weighted by molar-refractivity contribution is 0.534. The van der Waals surface area contributed by atoms with Gasteiger partial charge >= 0.3 is 0 Å². The second-order valence-electron chi connectivity index (χ2n) is 3.37. The molecule has 0 atom stereocenters. The molecule has 72 valence electrons. The van der Waals surface area contributed by atoms with E-state index in [1.54, 1.807) is 18.6 Å². The summed E-state index contributed by atoms with van der Waals surface area (Å²) in [5.74, 6) is 0. The Balaban J connectivity index is 2.34. The maximum atomic E-state index is 4.39. The minimum atomic E-state index is 0.375. The van der Waals surface area contributed by atoms with Crippen LogP contribution in [0.3, 0.4) is 0 Å². The van der Waals surface area contributed by atoms with Gasteiger partial charge in [0.2, 0.25) is 0 Å². The van der Waals surface area contributed by atoms with E-state index in [9.17, 15) is 0 Å². The zero-order valence-corrected chi connectivity index (χ0v) is 8.25. The van der Waals surface area contributed by atoms with Crippen LogP contribution in [0, 0.1) is 0 Å². The number of rotatable bonds is 2. The Morgan fingerprint density at radius 2 is 2.07 bits per heavy atom. The van der Waals surface area contributed by atoms with Crippen molar-refractivity contribution in [3.63, 3.8) is 0 Å². The van der Waals surface area contributed by atoms with Gasteiger partial charge in [0.15, 0.2) is 0 Å². The van der Waals surface area contributed by atoms with E-state index in [1.807, 2.05) is 16.9 Å². The summed E-state index contributed by atoms with van der Waals surface area (Å²) in [4.78, 5) is 8.19. The second-order valence-corrected chi connectivity index (χ2v) is 3.37. The molecule has 0 fully saturated rings. The van der Waals surface area contributed by atoms with Gasteiger partial charge in [-0.3, -0.25) is 14.6 Å². The molecular formula is C10H12N4. The zero-order chi connectivity index (χ0) is 9.97. The largest absolute Gasteiger partial charge is 0.270 e. The van der Waals surface area contributed by atoms with Gasteiger partial charge in [0.25, 0.3) is 0 Å². The summed E-state index contributed by atoms with van der Waals surface area (Å²) in [6.45, 7) is 4.18. The fourth-order valence-electron chi connectivity index (χ4n) is 1.19. The minimum Gasteiger partial charge on any atom is -0.270 e. The minimum absolute atomic E-state index is 0.375. The molecule has 0 unspecified atom stereocenters. The van der Waals surface area contributed by atoms with Crippen molar-refractivity contribution in [2.45, 2.75) is 19.9 Å². The van der Waals surface area contributed by atoms with Crippen LogP contribution in [-0.2, 0) is 0 Å². The van der Waals surface area contributed by atoms with Crippen LogP contribution in [-0.4, -0.2) is 19.7 Å². The highest BCUT2D eigenvalue weighted by Gasteiger charge is 2.04. The van der Waals surface area contributed by atoms with Crippen LogP contribution in [0.1, 0.15) is 19.9 Å². The highest BCUT2D eigenvalue weighted by atomic mass is 15.3. The third-order valence-corrected chi connectivity index (χ3v) is 1.96. The summed E-state index contributed by atoms with van der Waals surface area (Å²) in [6, 6.07) is 2.32. The highest BCUT2D eigenvalue weighted by Crippen LogP contribution is 2.13. The molecule has 0 aromatic carbocycles. The molecule has 2 heterocycles. The van der Waals surface area contributed by atoms with Crippen LogP contribution in [0.2, 0.25) is 0 Å². The van der Waals surface area contributed by atoms with Crippen molar-refractivity contribution >= 4 is 0 Å². The van der Waals surface area contributed by atoms with E-state index in [2.05, 4.69) is 28.9 Å². The van der Waals surface area contributed by atoms with E-state index in [0.717, 1.165) is 11.4 Å². The summed E-state index contributed by atoms with van der Waals surface area (Å²) in [6.07, 6.45) is 6.99. The van der Waals surface area contributed by atoms with Crippen LogP contribution < -0.4 is 0 Å². The van der Waals surface area contributed by atoms with E-state index in [1.165, 1.54) is 0 Å². The van der Waals surface area contributed by atoms with Crippen LogP contribution in [0.5, 0.6) is 0 Å². The lowest BCUT2D eigenvalue weighted by atomic mass is 10.3. The molecule has 0 saturated heterocycles. The second kappa shape index (κ2) is 3.57. The van der Waals surface area contributed by atoms with E-state index < -0.39 is 0 Å². The van der Waals surface area contributed by atoms with Gasteiger partial charge in [-0.2, -0.15) is 5.10 Å². The van der Waals surface area contributed by atoms with Crippen molar-refractivity contribution in [3.05, 3.63) is 30.9 Å². The molecule has 0 spiro atoms. The molecule has 2 aromatic heterocycles. The molecule has 2 rings (SSSR count). The van der Waals surface area contributed by atoms with Crippen molar-refractivity contribution in [2.24, 2.45) is 0 Å². The summed E-state index contributed by atoms with van der Waals surface area (Å²) < 4.78 is 1.91. The average molecular weight is 188 g/mol. The maximum Gasteiger partial charge on any atom is 0.112 e. The molecule has 0 aliphatic carbocycles. The van der Waals surface area contributed by atoms with Crippen molar-refractivity contribution in [1.29, 1.82) is 0 Å².